The number of hydrogen-bond acceptors (Lipinski definition) is 8. The van der Waals surface area contributed by atoms with Crippen molar-refractivity contribution >= 4 is 23.0 Å². The molecule has 0 fully saturated rings. The Hall–Kier alpha value is -4.01. The first-order chi connectivity index (χ1) is 13.1. The van der Waals surface area contributed by atoms with Crippen molar-refractivity contribution in [2.75, 3.05) is 12.4 Å². The third-order valence-electron chi connectivity index (χ3n) is 3.49. The summed E-state index contributed by atoms with van der Waals surface area (Å²) < 4.78 is 10.3. The number of carbonyl (C=O) groups excluding carboxylic acids is 1. The van der Waals surface area contributed by atoms with Gasteiger partial charge in [-0.15, -0.1) is 0 Å². The van der Waals surface area contributed by atoms with Crippen molar-refractivity contribution in [3.63, 3.8) is 0 Å². The zero-order valence-electron chi connectivity index (χ0n) is 14.2. The fraction of sp³-hybridized carbons (Fsp3) is 0.0556. The molecule has 3 rings (SSSR count). The van der Waals surface area contributed by atoms with E-state index in [0.29, 0.717) is 23.0 Å². The number of nitro benzene ring substituents is 1. The maximum Gasteiger partial charge on any atom is 0.340 e. The summed E-state index contributed by atoms with van der Waals surface area (Å²) in [5, 5.41) is 14.0. The summed E-state index contributed by atoms with van der Waals surface area (Å²) in [6.07, 6.45) is 4.52. The van der Waals surface area contributed by atoms with Gasteiger partial charge in [0.15, 0.2) is 0 Å². The highest BCUT2D eigenvalue weighted by Gasteiger charge is 2.17. The minimum absolute atomic E-state index is 0.0481. The zero-order chi connectivity index (χ0) is 19.2. The number of anilines is 2. The van der Waals surface area contributed by atoms with Gasteiger partial charge in [-0.05, 0) is 18.2 Å². The third kappa shape index (κ3) is 4.34. The maximum absolute atomic E-state index is 12.0. The number of rotatable bonds is 6. The molecule has 0 amide bonds. The number of hydrogen-bond donors (Lipinski definition) is 1. The Morgan fingerprint density at radius 3 is 2.74 bits per heavy atom. The van der Waals surface area contributed by atoms with E-state index in [9.17, 15) is 14.9 Å². The quantitative estimate of drug-likeness (QED) is 0.399. The van der Waals surface area contributed by atoms with Crippen LogP contribution >= 0.6 is 0 Å². The average Bonchev–Trinajstić information content (AvgIpc) is 2.68. The van der Waals surface area contributed by atoms with Crippen LogP contribution in [0.1, 0.15) is 10.4 Å². The molecule has 1 N–H and O–H groups in total. The van der Waals surface area contributed by atoms with Gasteiger partial charge in [-0.3, -0.25) is 15.1 Å². The first-order valence-electron chi connectivity index (χ1n) is 7.74. The standard InChI is InChI=1S/C18H14N4O5/c1-26-18(23)15-10-13(22(24)25)5-6-16(15)21-12-3-2-4-14(9-12)27-17-11-19-7-8-20-17/h2-11,21H,1H3. The average molecular weight is 366 g/mol. The molecule has 0 bridgehead atoms. The summed E-state index contributed by atoms with van der Waals surface area (Å²) in [6.45, 7) is 0. The van der Waals surface area contributed by atoms with Crippen LogP contribution in [0.5, 0.6) is 11.6 Å². The second-order valence-electron chi connectivity index (χ2n) is 5.28. The number of nitro groups is 1. The van der Waals surface area contributed by atoms with Gasteiger partial charge < -0.3 is 14.8 Å². The van der Waals surface area contributed by atoms with E-state index in [1.54, 1.807) is 24.3 Å². The van der Waals surface area contributed by atoms with E-state index in [-0.39, 0.29) is 11.3 Å². The molecule has 0 atom stereocenters. The first-order valence-corrected chi connectivity index (χ1v) is 7.74. The lowest BCUT2D eigenvalue weighted by Gasteiger charge is -2.12. The Kier molecular flexibility index (Phi) is 5.22. The SMILES string of the molecule is COC(=O)c1cc([N+](=O)[O-])ccc1Nc1cccc(Oc2cnccn2)c1. The van der Waals surface area contributed by atoms with Crippen molar-refractivity contribution in [1.29, 1.82) is 0 Å². The lowest BCUT2D eigenvalue weighted by molar-refractivity contribution is -0.384. The van der Waals surface area contributed by atoms with Gasteiger partial charge in [-0.25, -0.2) is 9.78 Å². The third-order valence-corrected chi connectivity index (χ3v) is 3.49. The number of nitrogens with zero attached hydrogens (tertiary/aromatic N) is 3. The number of non-ortho nitro benzene ring substituents is 1. The molecule has 0 aliphatic carbocycles. The fourth-order valence-electron chi connectivity index (χ4n) is 2.29. The summed E-state index contributed by atoms with van der Waals surface area (Å²) in [7, 11) is 1.21. The number of ether oxygens (including phenoxy) is 2. The molecule has 1 heterocycles. The molecule has 0 aliphatic rings. The Balaban J connectivity index is 1.87. The summed E-state index contributed by atoms with van der Waals surface area (Å²) in [6, 6.07) is 10.8. The normalized spacial score (nSPS) is 10.1. The number of benzene rings is 2. The molecule has 0 saturated heterocycles. The Labute approximate surface area is 153 Å². The first kappa shape index (κ1) is 17.8. The fourth-order valence-corrected chi connectivity index (χ4v) is 2.29. The number of nitrogens with one attached hydrogen (secondary N) is 1. The molecule has 3 aromatic rings. The van der Waals surface area contributed by atoms with E-state index in [1.165, 1.54) is 37.8 Å². The zero-order valence-corrected chi connectivity index (χ0v) is 14.2. The van der Waals surface area contributed by atoms with Crippen molar-refractivity contribution in [3.8, 4) is 11.6 Å². The van der Waals surface area contributed by atoms with Gasteiger partial charge in [0.1, 0.15) is 5.75 Å². The second-order valence-corrected chi connectivity index (χ2v) is 5.28. The molecule has 136 valence electrons. The molecule has 1 aromatic heterocycles. The minimum Gasteiger partial charge on any atom is -0.465 e. The number of aromatic nitrogens is 2. The van der Waals surface area contributed by atoms with Gasteiger partial charge in [-0.2, -0.15) is 0 Å². The van der Waals surface area contributed by atoms with Crippen LogP contribution in [0.3, 0.4) is 0 Å². The van der Waals surface area contributed by atoms with Crippen LogP contribution in [0.15, 0.2) is 61.1 Å². The molecule has 0 spiro atoms. The highest BCUT2D eigenvalue weighted by molar-refractivity contribution is 5.97. The van der Waals surface area contributed by atoms with Gasteiger partial charge in [-0.1, -0.05) is 6.07 Å². The Morgan fingerprint density at radius 2 is 2.04 bits per heavy atom. The molecular formula is C18H14N4O5. The highest BCUT2D eigenvalue weighted by atomic mass is 16.6. The van der Waals surface area contributed by atoms with Crippen molar-refractivity contribution < 1.29 is 19.2 Å². The summed E-state index contributed by atoms with van der Waals surface area (Å²) in [4.78, 5) is 30.3. The number of esters is 1. The van der Waals surface area contributed by atoms with E-state index in [1.807, 2.05) is 0 Å². The summed E-state index contributed by atoms with van der Waals surface area (Å²) >= 11 is 0. The van der Waals surface area contributed by atoms with Crippen LogP contribution in [-0.4, -0.2) is 28.0 Å². The molecule has 0 unspecified atom stereocenters. The topological polar surface area (TPSA) is 116 Å². The minimum atomic E-state index is -0.687. The number of methoxy groups -OCH3 is 1. The molecule has 0 saturated carbocycles. The molecule has 0 aliphatic heterocycles. The van der Waals surface area contributed by atoms with E-state index >= 15 is 0 Å². The van der Waals surface area contributed by atoms with Crippen LogP contribution in [0.25, 0.3) is 0 Å². The van der Waals surface area contributed by atoms with Crippen molar-refractivity contribution in [2.24, 2.45) is 0 Å². The van der Waals surface area contributed by atoms with Gasteiger partial charge in [0.05, 0.1) is 29.5 Å². The van der Waals surface area contributed by atoms with Gasteiger partial charge in [0, 0.05) is 36.3 Å². The second kappa shape index (κ2) is 7.91. The van der Waals surface area contributed by atoms with Crippen molar-refractivity contribution in [1.82, 2.24) is 9.97 Å². The van der Waals surface area contributed by atoms with Crippen LogP contribution in [-0.2, 0) is 4.74 Å². The monoisotopic (exact) mass is 366 g/mol. The Bertz CT molecular complexity index is 978. The van der Waals surface area contributed by atoms with Crippen LogP contribution < -0.4 is 10.1 Å². The van der Waals surface area contributed by atoms with E-state index in [2.05, 4.69) is 15.3 Å². The van der Waals surface area contributed by atoms with Crippen LogP contribution in [0.2, 0.25) is 0 Å². The summed E-state index contributed by atoms with van der Waals surface area (Å²) in [5.74, 6) is 0.149. The molecule has 27 heavy (non-hydrogen) atoms. The highest BCUT2D eigenvalue weighted by Crippen LogP contribution is 2.28. The van der Waals surface area contributed by atoms with E-state index in [4.69, 9.17) is 9.47 Å². The van der Waals surface area contributed by atoms with Gasteiger partial charge >= 0.3 is 5.97 Å². The molecule has 2 aromatic carbocycles. The summed E-state index contributed by atoms with van der Waals surface area (Å²) in [5.41, 5.74) is 0.812. The smallest absolute Gasteiger partial charge is 0.340 e. The predicted molar refractivity (Wildman–Crippen MR) is 96.3 cm³/mol. The Morgan fingerprint density at radius 1 is 1.19 bits per heavy atom. The largest absolute Gasteiger partial charge is 0.465 e. The van der Waals surface area contributed by atoms with E-state index < -0.39 is 10.9 Å². The van der Waals surface area contributed by atoms with Gasteiger partial charge in [0.2, 0.25) is 5.88 Å². The van der Waals surface area contributed by atoms with E-state index in [0.717, 1.165) is 6.07 Å². The van der Waals surface area contributed by atoms with Crippen molar-refractivity contribution in [3.05, 3.63) is 76.7 Å². The molecule has 9 nitrogen and oxygen atoms in total. The molecule has 9 heteroatoms. The molecular weight excluding hydrogens is 352 g/mol. The predicted octanol–water partition coefficient (Wildman–Crippen LogP) is 3.71. The lowest BCUT2D eigenvalue weighted by atomic mass is 10.1. The molecule has 0 radical (unpaired) electrons. The van der Waals surface area contributed by atoms with Gasteiger partial charge in [0.25, 0.3) is 5.69 Å². The maximum atomic E-state index is 12.0. The number of carbonyl (C=O) groups is 1. The van der Waals surface area contributed by atoms with Crippen LogP contribution in [0.4, 0.5) is 17.1 Å². The lowest BCUT2D eigenvalue weighted by Crippen LogP contribution is -2.06. The van der Waals surface area contributed by atoms with Crippen LogP contribution in [0, 0.1) is 10.1 Å². The van der Waals surface area contributed by atoms with Crippen molar-refractivity contribution in [2.45, 2.75) is 0 Å².